The molecule has 2 heterocycles. The van der Waals surface area contributed by atoms with E-state index in [4.69, 9.17) is 0 Å². The van der Waals surface area contributed by atoms with Crippen LogP contribution >= 0.6 is 0 Å². The number of piperazine rings is 1. The summed E-state index contributed by atoms with van der Waals surface area (Å²) in [6.07, 6.45) is 2.65. The average molecular weight is 415 g/mol. The van der Waals surface area contributed by atoms with Crippen LogP contribution in [-0.2, 0) is 4.79 Å². The molecule has 0 radical (unpaired) electrons. The van der Waals surface area contributed by atoms with Crippen LogP contribution in [-0.4, -0.2) is 84.9 Å². The minimum absolute atomic E-state index is 0.0295. The van der Waals surface area contributed by atoms with E-state index in [2.05, 4.69) is 36.0 Å². The topological polar surface area (TPSA) is 55.9 Å². The van der Waals surface area contributed by atoms with Gasteiger partial charge in [-0.05, 0) is 59.2 Å². The summed E-state index contributed by atoms with van der Waals surface area (Å²) in [5.74, 6) is -0.0160. The summed E-state index contributed by atoms with van der Waals surface area (Å²) < 4.78 is 0. The van der Waals surface area contributed by atoms with Gasteiger partial charge in [-0.25, -0.2) is 0 Å². The van der Waals surface area contributed by atoms with Crippen molar-refractivity contribution in [2.24, 2.45) is 5.92 Å². The normalized spacial score (nSPS) is 21.5. The Morgan fingerprint density at radius 1 is 1.07 bits per heavy atom. The number of aryl methyl sites for hydroxylation is 1. The molecule has 1 aromatic rings. The molecule has 3 rings (SSSR count). The Balaban J connectivity index is 1.50. The highest BCUT2D eigenvalue weighted by molar-refractivity contribution is 5.94. The van der Waals surface area contributed by atoms with Gasteiger partial charge in [-0.2, -0.15) is 0 Å². The van der Waals surface area contributed by atoms with Crippen LogP contribution in [0.4, 0.5) is 0 Å². The molecular formula is C24H38N4O2. The van der Waals surface area contributed by atoms with Gasteiger partial charge in [0.25, 0.3) is 5.91 Å². The van der Waals surface area contributed by atoms with E-state index in [1.165, 1.54) is 0 Å². The van der Waals surface area contributed by atoms with Gasteiger partial charge < -0.3 is 20.0 Å². The number of likely N-dealkylation sites (N-methyl/N-ethyl adjacent to an activating group) is 1. The third-order valence-corrected chi connectivity index (χ3v) is 6.49. The molecule has 1 N–H and O–H groups in total. The molecule has 2 fully saturated rings. The molecule has 1 unspecified atom stereocenters. The van der Waals surface area contributed by atoms with E-state index in [1.54, 1.807) is 0 Å². The summed E-state index contributed by atoms with van der Waals surface area (Å²) in [6.45, 7) is 12.9. The maximum Gasteiger partial charge on any atom is 0.253 e. The Labute approximate surface area is 181 Å². The van der Waals surface area contributed by atoms with E-state index in [-0.39, 0.29) is 23.3 Å². The highest BCUT2D eigenvalue weighted by atomic mass is 16.2. The number of carbonyl (C=O) groups excluding carboxylic acids is 2. The first kappa shape index (κ1) is 22.8. The summed E-state index contributed by atoms with van der Waals surface area (Å²) in [7, 11) is 2.17. The maximum atomic E-state index is 13.0. The smallest absolute Gasteiger partial charge is 0.253 e. The standard InChI is InChI=1S/C24H38N4O2/c1-19-7-9-20(10-8-19)23(30)28-12-5-6-21(18-28)22(29)25-24(2,3)11-13-27-16-14-26(4)15-17-27/h7-10,21H,5-6,11-18H2,1-4H3,(H,25,29). The zero-order valence-corrected chi connectivity index (χ0v) is 19.1. The van der Waals surface area contributed by atoms with E-state index in [1.807, 2.05) is 36.1 Å². The number of nitrogens with zero attached hydrogens (tertiary/aromatic N) is 3. The first-order valence-corrected chi connectivity index (χ1v) is 11.3. The van der Waals surface area contributed by atoms with Crippen molar-refractivity contribution in [3.05, 3.63) is 35.4 Å². The van der Waals surface area contributed by atoms with Crippen molar-refractivity contribution >= 4 is 11.8 Å². The molecule has 2 aliphatic rings. The molecule has 2 saturated heterocycles. The average Bonchev–Trinajstić information content (AvgIpc) is 2.73. The summed E-state index contributed by atoms with van der Waals surface area (Å²) in [6, 6.07) is 7.68. The van der Waals surface area contributed by atoms with Gasteiger partial charge in [-0.1, -0.05) is 17.7 Å². The fourth-order valence-corrected chi connectivity index (χ4v) is 4.26. The number of carbonyl (C=O) groups is 2. The quantitative estimate of drug-likeness (QED) is 0.777. The molecule has 6 heteroatoms. The summed E-state index contributed by atoms with van der Waals surface area (Å²) >= 11 is 0. The molecule has 6 nitrogen and oxygen atoms in total. The van der Waals surface area contributed by atoms with Crippen LogP contribution in [0.2, 0.25) is 0 Å². The summed E-state index contributed by atoms with van der Waals surface area (Å²) in [4.78, 5) is 32.5. The van der Waals surface area contributed by atoms with Crippen LogP contribution in [0.3, 0.4) is 0 Å². The molecule has 0 aromatic heterocycles. The lowest BCUT2D eigenvalue weighted by atomic mass is 9.93. The van der Waals surface area contributed by atoms with E-state index in [0.29, 0.717) is 12.1 Å². The number of piperidine rings is 1. The van der Waals surface area contributed by atoms with E-state index in [9.17, 15) is 9.59 Å². The van der Waals surface area contributed by atoms with Crippen LogP contribution in [0.5, 0.6) is 0 Å². The van der Waals surface area contributed by atoms with Gasteiger partial charge in [0.05, 0.1) is 5.92 Å². The second-order valence-corrected chi connectivity index (χ2v) is 9.72. The molecule has 0 spiro atoms. The minimum Gasteiger partial charge on any atom is -0.351 e. The first-order chi connectivity index (χ1) is 14.2. The highest BCUT2D eigenvalue weighted by Gasteiger charge is 2.32. The van der Waals surface area contributed by atoms with Crippen molar-refractivity contribution in [3.63, 3.8) is 0 Å². The molecule has 0 bridgehead atoms. The summed E-state index contributed by atoms with van der Waals surface area (Å²) in [5.41, 5.74) is 1.60. The van der Waals surface area contributed by atoms with Crippen molar-refractivity contribution in [2.75, 3.05) is 52.9 Å². The van der Waals surface area contributed by atoms with Crippen LogP contribution < -0.4 is 5.32 Å². The molecule has 1 aromatic carbocycles. The Hall–Kier alpha value is -1.92. The van der Waals surface area contributed by atoms with Crippen LogP contribution in [0.15, 0.2) is 24.3 Å². The zero-order valence-electron chi connectivity index (χ0n) is 19.1. The Kier molecular flexibility index (Phi) is 7.53. The van der Waals surface area contributed by atoms with Crippen molar-refractivity contribution in [3.8, 4) is 0 Å². The van der Waals surface area contributed by atoms with E-state index >= 15 is 0 Å². The van der Waals surface area contributed by atoms with Crippen molar-refractivity contribution in [1.29, 1.82) is 0 Å². The predicted octanol–water partition coefficient (Wildman–Crippen LogP) is 2.38. The van der Waals surface area contributed by atoms with E-state index in [0.717, 1.165) is 64.1 Å². The second kappa shape index (κ2) is 9.92. The van der Waals surface area contributed by atoms with Gasteiger partial charge in [-0.3, -0.25) is 9.59 Å². The lowest BCUT2D eigenvalue weighted by molar-refractivity contribution is -0.128. The van der Waals surface area contributed by atoms with Gasteiger partial charge in [0.1, 0.15) is 0 Å². The molecule has 0 saturated carbocycles. The van der Waals surface area contributed by atoms with Crippen LogP contribution in [0.25, 0.3) is 0 Å². The fourth-order valence-electron chi connectivity index (χ4n) is 4.26. The molecule has 1 atom stereocenters. The van der Waals surface area contributed by atoms with Crippen molar-refractivity contribution < 1.29 is 9.59 Å². The SMILES string of the molecule is Cc1ccc(C(=O)N2CCCC(C(=O)NC(C)(C)CCN3CCN(C)CC3)C2)cc1. The van der Waals surface area contributed by atoms with Crippen LogP contribution in [0, 0.1) is 12.8 Å². The molecular weight excluding hydrogens is 376 g/mol. The first-order valence-electron chi connectivity index (χ1n) is 11.3. The molecule has 2 aliphatic heterocycles. The Morgan fingerprint density at radius 3 is 2.40 bits per heavy atom. The molecule has 0 aliphatic carbocycles. The third-order valence-electron chi connectivity index (χ3n) is 6.49. The number of hydrogen-bond acceptors (Lipinski definition) is 4. The predicted molar refractivity (Wildman–Crippen MR) is 121 cm³/mol. The van der Waals surface area contributed by atoms with E-state index < -0.39 is 0 Å². The number of benzene rings is 1. The third kappa shape index (κ3) is 6.29. The minimum atomic E-state index is -0.246. The van der Waals surface area contributed by atoms with Gasteiger partial charge in [0.15, 0.2) is 0 Å². The van der Waals surface area contributed by atoms with Gasteiger partial charge in [0, 0.05) is 56.9 Å². The zero-order chi connectivity index (χ0) is 21.7. The molecule has 30 heavy (non-hydrogen) atoms. The van der Waals surface area contributed by atoms with Gasteiger partial charge >= 0.3 is 0 Å². The molecule has 2 amide bonds. The van der Waals surface area contributed by atoms with Crippen molar-refractivity contribution in [2.45, 2.75) is 45.6 Å². The lowest BCUT2D eigenvalue weighted by Gasteiger charge is -2.37. The van der Waals surface area contributed by atoms with Crippen molar-refractivity contribution in [1.82, 2.24) is 20.0 Å². The molecule has 166 valence electrons. The second-order valence-electron chi connectivity index (χ2n) is 9.72. The number of rotatable bonds is 6. The number of likely N-dealkylation sites (tertiary alicyclic amines) is 1. The highest BCUT2D eigenvalue weighted by Crippen LogP contribution is 2.21. The van der Waals surface area contributed by atoms with Gasteiger partial charge in [0.2, 0.25) is 5.91 Å². The Morgan fingerprint density at radius 2 is 1.73 bits per heavy atom. The number of hydrogen-bond donors (Lipinski definition) is 1. The summed E-state index contributed by atoms with van der Waals surface area (Å²) in [5, 5.41) is 3.27. The fraction of sp³-hybridized carbons (Fsp3) is 0.667. The Bertz CT molecular complexity index is 723. The number of amides is 2. The number of nitrogens with one attached hydrogen (secondary N) is 1. The monoisotopic (exact) mass is 414 g/mol. The van der Waals surface area contributed by atoms with Gasteiger partial charge in [-0.15, -0.1) is 0 Å². The maximum absolute atomic E-state index is 13.0. The largest absolute Gasteiger partial charge is 0.351 e. The lowest BCUT2D eigenvalue weighted by Crippen LogP contribution is -2.52. The van der Waals surface area contributed by atoms with Crippen LogP contribution in [0.1, 0.15) is 49.0 Å².